The minimum absolute atomic E-state index is 0.00683. The van der Waals surface area contributed by atoms with Crippen LogP contribution in [0, 0.1) is 36.3 Å². The molecule has 4 aliphatic heterocycles. The Bertz CT molecular complexity index is 3400. The van der Waals surface area contributed by atoms with E-state index in [1.807, 2.05) is 39.8 Å². The maximum atomic E-state index is 15.3. The van der Waals surface area contributed by atoms with E-state index in [9.17, 15) is 65.1 Å². The minimum atomic E-state index is -5.38. The van der Waals surface area contributed by atoms with Crippen LogP contribution >= 0.6 is 0 Å². The zero-order valence-electron chi connectivity index (χ0n) is 62.3. The maximum absolute atomic E-state index is 15.3. The number of likely N-dealkylation sites (N-methyl/N-ethyl adjacent to an activating group) is 6. The van der Waals surface area contributed by atoms with E-state index >= 15 is 14.4 Å². The molecule has 2 aromatic carbocycles. The molecular weight excluding hydrogens is 1360 g/mol. The summed E-state index contributed by atoms with van der Waals surface area (Å²) in [5.74, 6) is -12.7. The molecule has 7 rings (SSSR count). The molecule has 10 atom stereocenters. The highest BCUT2D eigenvalue weighted by Gasteiger charge is 2.48. The Morgan fingerprint density at radius 1 is 0.644 bits per heavy atom. The van der Waals surface area contributed by atoms with E-state index in [0.717, 1.165) is 23.3 Å². The van der Waals surface area contributed by atoms with Gasteiger partial charge < -0.3 is 64.8 Å². The fourth-order valence-corrected chi connectivity index (χ4v) is 14.7. The number of halogens is 5. The normalized spacial score (nSPS) is 26.2. The third-order valence-electron chi connectivity index (χ3n) is 21.5. The molecule has 5 aliphatic rings. The first-order valence-corrected chi connectivity index (χ1v) is 36.7. The van der Waals surface area contributed by atoms with E-state index in [0.29, 0.717) is 43.4 Å². The number of hydrogen-bond acceptors (Lipinski definition) is 13. The summed E-state index contributed by atoms with van der Waals surface area (Å²) in [5, 5.41) is 8.36. The Balaban J connectivity index is 1.24. The van der Waals surface area contributed by atoms with E-state index < -0.39 is 180 Å². The number of ether oxygens (including phenoxy) is 1. The fraction of sp³-hybridized carbons (Fsp3) is 0.676. The van der Waals surface area contributed by atoms with Gasteiger partial charge in [-0.05, 0) is 126 Å². The second kappa shape index (κ2) is 37.1. The van der Waals surface area contributed by atoms with Crippen LogP contribution in [0.25, 0.3) is 0 Å². The molecule has 4 heterocycles. The number of alkyl halides is 3. The van der Waals surface area contributed by atoms with Gasteiger partial charge in [0.25, 0.3) is 0 Å². The Labute approximate surface area is 606 Å². The molecule has 0 unspecified atom stereocenters. The number of benzene rings is 2. The van der Waals surface area contributed by atoms with Crippen LogP contribution in [0.15, 0.2) is 36.4 Å². The number of rotatable bonds is 12. The molecule has 0 spiro atoms. The van der Waals surface area contributed by atoms with Gasteiger partial charge in [-0.25, -0.2) is 8.78 Å². The van der Waals surface area contributed by atoms with Crippen molar-refractivity contribution in [2.45, 2.75) is 212 Å². The minimum Gasteiger partial charge on any atom is -0.378 e. The summed E-state index contributed by atoms with van der Waals surface area (Å²) in [4.78, 5) is 189. The summed E-state index contributed by atoms with van der Waals surface area (Å²) in [7, 11) is 7.07. The molecule has 576 valence electrons. The van der Waals surface area contributed by atoms with Crippen LogP contribution in [0.2, 0.25) is 0 Å². The van der Waals surface area contributed by atoms with Crippen molar-refractivity contribution in [1.82, 2.24) is 60.0 Å². The van der Waals surface area contributed by atoms with Crippen LogP contribution in [0.4, 0.5) is 22.0 Å². The first kappa shape index (κ1) is 83.0. The monoisotopic (exact) mass is 1470 g/mol. The van der Waals surface area contributed by atoms with Crippen molar-refractivity contribution in [2.75, 3.05) is 94.3 Å². The molecule has 3 N–H and O–H groups in total. The van der Waals surface area contributed by atoms with Crippen LogP contribution in [0.5, 0.6) is 0 Å². The molecular formula is C74H107F5N12O13. The highest BCUT2D eigenvalue weighted by Crippen LogP contribution is 2.36. The number of morpholine rings is 1. The molecule has 0 radical (unpaired) electrons. The summed E-state index contributed by atoms with van der Waals surface area (Å²) in [6, 6.07) is -3.15. The molecule has 1 aliphatic carbocycles. The predicted octanol–water partition coefficient (Wildman–Crippen LogP) is 4.86. The SMILES string of the molecule is CC[C@H](C)[C@@H]1NC(=O)[C@H](CC(C)C)N(C)C(=O)C[C@@H](C(=O)N2CCOCC2)N(C)C(=O)[C@H](C2CCCC2)N(C)C(=O)CCCCNC(=O)[C@@H]2CCCN2C(=O)[C@H](CCc2cc(F)c(C(F)(F)F)c(F)c2)NC(=O)CN(C)C(=O)[C@H](Cc2ccc(C)cc2)N(CC)C(=O)[C@@H]2CCN2C(=O)[C@H](C)N(C)C1=O. The van der Waals surface area contributed by atoms with Crippen LogP contribution < -0.4 is 16.0 Å². The van der Waals surface area contributed by atoms with E-state index in [4.69, 9.17) is 4.74 Å². The lowest BCUT2D eigenvalue weighted by Crippen LogP contribution is -2.65. The van der Waals surface area contributed by atoms with Gasteiger partial charge in [0.2, 0.25) is 70.9 Å². The quantitative estimate of drug-likeness (QED) is 0.240. The van der Waals surface area contributed by atoms with Gasteiger partial charge >= 0.3 is 6.18 Å². The van der Waals surface area contributed by atoms with E-state index in [1.165, 1.54) is 81.4 Å². The zero-order valence-corrected chi connectivity index (χ0v) is 62.3. The Hall–Kier alpha value is -8.31. The van der Waals surface area contributed by atoms with Gasteiger partial charge in [0, 0.05) is 87.3 Å². The number of nitrogens with zero attached hydrogens (tertiary/aromatic N) is 9. The molecule has 1 saturated carbocycles. The lowest BCUT2D eigenvalue weighted by molar-refractivity contribution is -0.161. The van der Waals surface area contributed by atoms with Crippen molar-refractivity contribution >= 4 is 70.9 Å². The van der Waals surface area contributed by atoms with Gasteiger partial charge in [0.1, 0.15) is 71.6 Å². The number of carbonyl (C=O) groups is 12. The molecule has 4 saturated heterocycles. The Kier molecular flexibility index (Phi) is 29.6. The van der Waals surface area contributed by atoms with E-state index in [2.05, 4.69) is 16.0 Å². The highest BCUT2D eigenvalue weighted by atomic mass is 19.4. The molecule has 5 fully saturated rings. The smallest absolute Gasteiger partial charge is 0.378 e. The molecule has 0 bridgehead atoms. The summed E-state index contributed by atoms with van der Waals surface area (Å²) in [6.07, 6.45) is -2.67. The van der Waals surface area contributed by atoms with E-state index in [1.54, 1.807) is 26.0 Å². The summed E-state index contributed by atoms with van der Waals surface area (Å²) >= 11 is 0. The Morgan fingerprint density at radius 2 is 1.28 bits per heavy atom. The summed E-state index contributed by atoms with van der Waals surface area (Å²) in [5.41, 5.74) is -0.891. The standard InChI is InChI=1S/C74H107F5N12O13/c1-13-46(6)63-72(102)84(9)47(7)67(97)91-33-30-55(91)71(101)89(14-2)58(41-48-26-24-45(5)25-27-48)69(99)83(8)43-59(92)81-53(29-28-49-39-51(75)62(52(76)40-49)74(77,78)79)68(98)90-32-19-22-54(90)65(95)80-31-18-17-23-60(93)87(12)64(50-20-15-16-21-50)73(103)86(11)57(70(100)88-34-36-104-37-35-88)42-61(94)85(10)56(38-44(3)4)66(96)82-63/h24-27,39-40,44,46-47,50,53-58,63-64H,13-23,28-38,41-43H2,1-12H3,(H,80,95)(H,81,92)(H,82,96)/t46-,47-,53-,54-,55-,56-,57-,58-,63-,64-/m0/s1. The summed E-state index contributed by atoms with van der Waals surface area (Å²) < 4.78 is 76.6. The average molecular weight is 1470 g/mol. The first-order valence-electron chi connectivity index (χ1n) is 36.7. The number of amides is 12. The molecule has 104 heavy (non-hydrogen) atoms. The van der Waals surface area contributed by atoms with Gasteiger partial charge in [-0.1, -0.05) is 76.8 Å². The van der Waals surface area contributed by atoms with Gasteiger partial charge in [0.15, 0.2) is 0 Å². The van der Waals surface area contributed by atoms with Gasteiger partial charge in [-0.15, -0.1) is 0 Å². The number of carbonyl (C=O) groups excluding carboxylic acids is 12. The molecule has 12 amide bonds. The first-order chi connectivity index (χ1) is 49.1. The molecule has 30 heteroatoms. The number of nitrogens with one attached hydrogen (secondary N) is 3. The number of fused-ring (bicyclic) bond motifs is 2. The molecule has 2 aromatic rings. The Morgan fingerprint density at radius 3 is 1.87 bits per heavy atom. The topological polar surface area (TPSA) is 279 Å². The van der Waals surface area contributed by atoms with Crippen molar-refractivity contribution in [3.63, 3.8) is 0 Å². The second-order valence-electron chi connectivity index (χ2n) is 29.1. The van der Waals surface area contributed by atoms with Crippen molar-refractivity contribution in [3.05, 3.63) is 70.3 Å². The highest BCUT2D eigenvalue weighted by molar-refractivity contribution is 5.99. The third-order valence-corrected chi connectivity index (χ3v) is 21.5. The second-order valence-corrected chi connectivity index (χ2v) is 29.1. The predicted molar refractivity (Wildman–Crippen MR) is 374 cm³/mol. The van der Waals surface area contributed by atoms with Gasteiger partial charge in [0.05, 0.1) is 26.2 Å². The van der Waals surface area contributed by atoms with Crippen LogP contribution in [0.3, 0.4) is 0 Å². The van der Waals surface area contributed by atoms with Crippen LogP contribution in [0.1, 0.15) is 154 Å². The van der Waals surface area contributed by atoms with Crippen molar-refractivity contribution in [3.8, 4) is 0 Å². The van der Waals surface area contributed by atoms with Gasteiger partial charge in [-0.2, -0.15) is 13.2 Å². The van der Waals surface area contributed by atoms with Gasteiger partial charge in [-0.3, -0.25) is 57.5 Å². The van der Waals surface area contributed by atoms with Crippen molar-refractivity contribution in [1.29, 1.82) is 0 Å². The molecule has 0 aromatic heterocycles. The van der Waals surface area contributed by atoms with E-state index in [-0.39, 0.29) is 115 Å². The fourth-order valence-electron chi connectivity index (χ4n) is 14.7. The van der Waals surface area contributed by atoms with Crippen LogP contribution in [-0.4, -0.2) is 264 Å². The molecule has 25 nitrogen and oxygen atoms in total. The number of hydrogen-bond donors (Lipinski definition) is 3. The average Bonchev–Trinajstić information content (AvgIpc) is 1.19. The maximum Gasteiger partial charge on any atom is 0.422 e. The van der Waals surface area contributed by atoms with Crippen molar-refractivity contribution < 1.29 is 84.2 Å². The lowest BCUT2D eigenvalue weighted by Gasteiger charge is -2.45. The van der Waals surface area contributed by atoms with Crippen molar-refractivity contribution in [2.24, 2.45) is 17.8 Å². The lowest BCUT2D eigenvalue weighted by atomic mass is 9.94. The third kappa shape index (κ3) is 20.4. The number of aryl methyl sites for hydroxylation is 2. The zero-order chi connectivity index (χ0) is 76.8. The van der Waals surface area contributed by atoms with Crippen LogP contribution in [-0.2, 0) is 81.3 Å². The largest absolute Gasteiger partial charge is 0.422 e. The summed E-state index contributed by atoms with van der Waals surface area (Å²) in [6.45, 7) is 12.3.